The van der Waals surface area contributed by atoms with Gasteiger partial charge in [-0.15, -0.1) is 0 Å². The van der Waals surface area contributed by atoms with Gasteiger partial charge in [0.05, 0.1) is 0 Å². The zero-order valence-corrected chi connectivity index (χ0v) is 10.7. The van der Waals surface area contributed by atoms with Gasteiger partial charge in [-0.05, 0) is 43.9 Å². The number of fused-ring (bicyclic) bond motifs is 2. The number of hydrogen-bond donors (Lipinski definition) is 2. The van der Waals surface area contributed by atoms with Crippen LogP contribution in [0, 0.1) is 0 Å². The van der Waals surface area contributed by atoms with Crippen LogP contribution >= 0.6 is 11.6 Å². The van der Waals surface area contributed by atoms with Crippen molar-refractivity contribution in [2.45, 2.75) is 50.2 Å². The number of rotatable bonds is 2. The van der Waals surface area contributed by atoms with E-state index in [0.717, 1.165) is 22.8 Å². The molecule has 2 saturated heterocycles. The fourth-order valence-corrected chi connectivity index (χ4v) is 3.39. The summed E-state index contributed by atoms with van der Waals surface area (Å²) in [5, 5.41) is 8.15. The molecule has 2 N–H and O–H groups in total. The van der Waals surface area contributed by atoms with E-state index in [1.807, 2.05) is 18.2 Å². The molecule has 0 saturated carbocycles. The lowest BCUT2D eigenvalue weighted by Crippen LogP contribution is -2.51. The van der Waals surface area contributed by atoms with E-state index in [-0.39, 0.29) is 0 Å². The Kier molecular flexibility index (Phi) is 3.26. The second-order valence-corrected chi connectivity index (χ2v) is 5.75. The van der Waals surface area contributed by atoms with Crippen LogP contribution in [-0.4, -0.2) is 18.1 Å². The molecule has 2 aliphatic heterocycles. The van der Waals surface area contributed by atoms with E-state index in [0.29, 0.717) is 6.04 Å². The molecular weight excluding hydrogens is 232 g/mol. The highest BCUT2D eigenvalue weighted by molar-refractivity contribution is 6.30. The Morgan fingerprint density at radius 1 is 1.18 bits per heavy atom. The third kappa shape index (κ3) is 2.75. The largest absolute Gasteiger partial charge is 0.382 e. The Bertz CT molecular complexity index is 382. The van der Waals surface area contributed by atoms with Crippen LogP contribution in [0.5, 0.6) is 0 Å². The topological polar surface area (TPSA) is 24.1 Å². The van der Waals surface area contributed by atoms with Gasteiger partial charge >= 0.3 is 0 Å². The van der Waals surface area contributed by atoms with E-state index in [4.69, 9.17) is 11.6 Å². The minimum atomic E-state index is 0.602. The number of piperidine rings is 2. The maximum absolute atomic E-state index is 6.01. The molecule has 2 bridgehead atoms. The van der Waals surface area contributed by atoms with Crippen molar-refractivity contribution in [3.8, 4) is 0 Å². The summed E-state index contributed by atoms with van der Waals surface area (Å²) in [6.07, 6.45) is 6.55. The quantitative estimate of drug-likeness (QED) is 0.841. The van der Waals surface area contributed by atoms with Gasteiger partial charge in [0.1, 0.15) is 0 Å². The first kappa shape index (κ1) is 11.4. The summed E-state index contributed by atoms with van der Waals surface area (Å²) < 4.78 is 0. The first-order valence-corrected chi connectivity index (χ1v) is 6.95. The molecule has 0 radical (unpaired) electrons. The Hall–Kier alpha value is -0.730. The lowest BCUT2D eigenvalue weighted by molar-refractivity contribution is 0.230. The highest BCUT2D eigenvalue weighted by Crippen LogP contribution is 2.28. The molecule has 3 rings (SSSR count). The van der Waals surface area contributed by atoms with Crippen LogP contribution in [0.2, 0.25) is 5.02 Å². The molecule has 92 valence electrons. The smallest absolute Gasteiger partial charge is 0.0426 e. The molecule has 17 heavy (non-hydrogen) atoms. The average Bonchev–Trinajstić information content (AvgIpc) is 2.28. The summed E-state index contributed by atoms with van der Waals surface area (Å²) >= 11 is 6.01. The van der Waals surface area contributed by atoms with Gasteiger partial charge in [-0.3, -0.25) is 0 Å². The first-order chi connectivity index (χ1) is 8.29. The molecule has 0 spiro atoms. The van der Waals surface area contributed by atoms with Crippen molar-refractivity contribution in [2.24, 2.45) is 0 Å². The second-order valence-electron chi connectivity index (χ2n) is 5.31. The summed E-state index contributed by atoms with van der Waals surface area (Å²) in [7, 11) is 0. The van der Waals surface area contributed by atoms with Crippen molar-refractivity contribution in [2.75, 3.05) is 5.32 Å². The predicted octanol–water partition coefficient (Wildman–Crippen LogP) is 3.43. The molecule has 2 fully saturated rings. The van der Waals surface area contributed by atoms with E-state index in [9.17, 15) is 0 Å². The molecule has 1 aromatic rings. The van der Waals surface area contributed by atoms with Crippen molar-refractivity contribution < 1.29 is 0 Å². The van der Waals surface area contributed by atoms with Gasteiger partial charge in [0.2, 0.25) is 0 Å². The van der Waals surface area contributed by atoms with Crippen molar-refractivity contribution in [3.05, 3.63) is 29.3 Å². The van der Waals surface area contributed by atoms with Crippen molar-refractivity contribution in [1.29, 1.82) is 0 Å². The van der Waals surface area contributed by atoms with Crippen LogP contribution in [-0.2, 0) is 0 Å². The minimum Gasteiger partial charge on any atom is -0.382 e. The standard InChI is InChI=1S/C14H19ClN2/c15-10-3-1-4-11(7-10)17-14-8-12-5-2-6-13(9-14)16-12/h1,3-4,7,12-14,16-17H,2,5-6,8-9H2/t12-,13+,14?. The molecule has 0 amide bonds. The number of nitrogens with one attached hydrogen (secondary N) is 2. The van der Waals surface area contributed by atoms with E-state index in [1.165, 1.54) is 32.1 Å². The zero-order valence-electron chi connectivity index (χ0n) is 9.95. The molecule has 1 aromatic carbocycles. The maximum Gasteiger partial charge on any atom is 0.0426 e. The summed E-state index contributed by atoms with van der Waals surface area (Å²) in [6.45, 7) is 0. The SMILES string of the molecule is Clc1cccc(NC2C[C@H]3CCC[C@@H](C2)N3)c1. The van der Waals surface area contributed by atoms with Crippen LogP contribution in [0.3, 0.4) is 0 Å². The molecule has 3 atom stereocenters. The van der Waals surface area contributed by atoms with Gasteiger partial charge in [0.25, 0.3) is 0 Å². The van der Waals surface area contributed by atoms with Gasteiger partial charge < -0.3 is 10.6 Å². The zero-order chi connectivity index (χ0) is 11.7. The van der Waals surface area contributed by atoms with Crippen LogP contribution in [0.4, 0.5) is 5.69 Å². The first-order valence-electron chi connectivity index (χ1n) is 6.58. The van der Waals surface area contributed by atoms with E-state index in [2.05, 4.69) is 16.7 Å². The van der Waals surface area contributed by atoms with Crippen molar-refractivity contribution in [3.63, 3.8) is 0 Å². The summed E-state index contributed by atoms with van der Waals surface area (Å²) in [5.41, 5.74) is 1.16. The van der Waals surface area contributed by atoms with Crippen molar-refractivity contribution in [1.82, 2.24) is 5.32 Å². The second kappa shape index (κ2) is 4.87. The van der Waals surface area contributed by atoms with E-state index < -0.39 is 0 Å². The van der Waals surface area contributed by atoms with Gasteiger partial charge in [-0.25, -0.2) is 0 Å². The van der Waals surface area contributed by atoms with Crippen LogP contribution in [0.1, 0.15) is 32.1 Å². The normalized spacial score (nSPS) is 32.2. The molecule has 2 nitrogen and oxygen atoms in total. The third-order valence-corrected chi connectivity index (χ3v) is 4.15. The van der Waals surface area contributed by atoms with Crippen molar-refractivity contribution >= 4 is 17.3 Å². The lowest BCUT2D eigenvalue weighted by Gasteiger charge is -2.40. The average molecular weight is 251 g/mol. The Balaban J connectivity index is 1.65. The maximum atomic E-state index is 6.01. The minimum absolute atomic E-state index is 0.602. The summed E-state index contributed by atoms with van der Waals surface area (Å²) in [6, 6.07) is 10.1. The molecule has 0 aromatic heterocycles. The highest BCUT2D eigenvalue weighted by Gasteiger charge is 2.30. The fourth-order valence-electron chi connectivity index (χ4n) is 3.20. The molecule has 2 heterocycles. The van der Waals surface area contributed by atoms with Crippen LogP contribution in [0.15, 0.2) is 24.3 Å². The van der Waals surface area contributed by atoms with Crippen LogP contribution in [0.25, 0.3) is 0 Å². The molecule has 3 heteroatoms. The fraction of sp³-hybridized carbons (Fsp3) is 0.571. The Morgan fingerprint density at radius 2 is 1.94 bits per heavy atom. The molecule has 0 aliphatic carbocycles. The number of benzene rings is 1. The van der Waals surface area contributed by atoms with Gasteiger partial charge in [0, 0.05) is 28.8 Å². The van der Waals surface area contributed by atoms with Gasteiger partial charge in [-0.2, -0.15) is 0 Å². The molecular formula is C14H19ClN2. The monoisotopic (exact) mass is 250 g/mol. The number of anilines is 1. The predicted molar refractivity (Wildman–Crippen MR) is 72.7 cm³/mol. The van der Waals surface area contributed by atoms with Crippen LogP contribution < -0.4 is 10.6 Å². The molecule has 1 unspecified atom stereocenters. The molecule has 2 aliphatic rings. The Labute approximate surface area is 108 Å². The Morgan fingerprint density at radius 3 is 2.65 bits per heavy atom. The van der Waals surface area contributed by atoms with E-state index >= 15 is 0 Å². The number of halogens is 1. The lowest BCUT2D eigenvalue weighted by atomic mass is 9.84. The van der Waals surface area contributed by atoms with Gasteiger partial charge in [-0.1, -0.05) is 24.1 Å². The number of hydrogen-bond acceptors (Lipinski definition) is 2. The highest BCUT2D eigenvalue weighted by atomic mass is 35.5. The summed E-state index contributed by atoms with van der Waals surface area (Å²) in [5.74, 6) is 0. The third-order valence-electron chi connectivity index (χ3n) is 3.91. The summed E-state index contributed by atoms with van der Waals surface area (Å²) in [4.78, 5) is 0. The van der Waals surface area contributed by atoms with E-state index in [1.54, 1.807) is 0 Å². The van der Waals surface area contributed by atoms with Gasteiger partial charge in [0.15, 0.2) is 0 Å².